The van der Waals surface area contributed by atoms with E-state index in [2.05, 4.69) is 15.5 Å². The maximum atomic E-state index is 12.7. The number of anilines is 1. The Hall–Kier alpha value is -3.09. The lowest BCUT2D eigenvalue weighted by atomic mass is 10.1. The van der Waals surface area contributed by atoms with Crippen LogP contribution >= 0.6 is 23.4 Å². The van der Waals surface area contributed by atoms with E-state index in [-0.39, 0.29) is 11.7 Å². The Bertz CT molecular complexity index is 1270. The van der Waals surface area contributed by atoms with Crippen molar-refractivity contribution in [1.82, 2.24) is 14.8 Å². The zero-order chi connectivity index (χ0) is 22.7. The first-order chi connectivity index (χ1) is 15.4. The van der Waals surface area contributed by atoms with E-state index in [0.717, 1.165) is 33.6 Å². The molecule has 0 unspecified atom stereocenters. The number of nitrogens with zero attached hydrogens (tertiary/aromatic N) is 3. The number of hydrogen-bond acceptors (Lipinski definition) is 4. The van der Waals surface area contributed by atoms with Crippen LogP contribution < -0.4 is 5.32 Å². The van der Waals surface area contributed by atoms with Crippen molar-refractivity contribution in [1.29, 1.82) is 0 Å². The van der Waals surface area contributed by atoms with Crippen molar-refractivity contribution in [2.75, 3.05) is 11.1 Å². The molecule has 1 amide bonds. The first-order valence-corrected chi connectivity index (χ1v) is 11.6. The molecular weight excluding hydrogens is 440 g/mol. The van der Waals surface area contributed by atoms with Gasteiger partial charge in [0.15, 0.2) is 11.0 Å². The predicted octanol–water partition coefficient (Wildman–Crippen LogP) is 6.24. The van der Waals surface area contributed by atoms with Gasteiger partial charge in [-0.05, 0) is 62.2 Å². The molecule has 5 nitrogen and oxygen atoms in total. The van der Waals surface area contributed by atoms with Crippen molar-refractivity contribution >= 4 is 35.0 Å². The van der Waals surface area contributed by atoms with Gasteiger partial charge in [0, 0.05) is 16.9 Å². The lowest BCUT2D eigenvalue weighted by molar-refractivity contribution is -0.113. The van der Waals surface area contributed by atoms with Crippen LogP contribution in [0.4, 0.5) is 5.69 Å². The fourth-order valence-electron chi connectivity index (χ4n) is 3.29. The highest BCUT2D eigenvalue weighted by atomic mass is 35.5. The van der Waals surface area contributed by atoms with Gasteiger partial charge in [-0.3, -0.25) is 9.36 Å². The van der Waals surface area contributed by atoms with E-state index in [9.17, 15) is 4.79 Å². The molecule has 1 N–H and O–H groups in total. The van der Waals surface area contributed by atoms with Crippen molar-refractivity contribution in [2.24, 2.45) is 0 Å². The molecule has 0 aliphatic carbocycles. The molecular formula is C25H23ClN4OS. The molecule has 32 heavy (non-hydrogen) atoms. The van der Waals surface area contributed by atoms with Crippen molar-refractivity contribution < 1.29 is 4.79 Å². The van der Waals surface area contributed by atoms with Crippen molar-refractivity contribution in [3.05, 3.63) is 88.4 Å². The highest BCUT2D eigenvalue weighted by molar-refractivity contribution is 7.99. The minimum absolute atomic E-state index is 0.0959. The van der Waals surface area contributed by atoms with Gasteiger partial charge in [-0.25, -0.2) is 0 Å². The summed E-state index contributed by atoms with van der Waals surface area (Å²) in [5.41, 5.74) is 5.80. The average molecular weight is 463 g/mol. The molecule has 0 saturated heterocycles. The van der Waals surface area contributed by atoms with E-state index in [0.29, 0.717) is 16.0 Å². The van der Waals surface area contributed by atoms with E-state index < -0.39 is 0 Å². The summed E-state index contributed by atoms with van der Waals surface area (Å²) < 4.78 is 1.94. The first-order valence-electron chi connectivity index (χ1n) is 10.2. The maximum absolute atomic E-state index is 12.7. The molecule has 0 spiro atoms. The number of carbonyl (C=O) groups excluding carboxylic acids is 1. The number of amides is 1. The van der Waals surface area contributed by atoms with Crippen LogP contribution in [0.5, 0.6) is 0 Å². The summed E-state index contributed by atoms with van der Waals surface area (Å²) in [6, 6.07) is 21.6. The fraction of sp³-hybridized carbons (Fsp3) is 0.160. The highest BCUT2D eigenvalue weighted by Gasteiger charge is 2.19. The zero-order valence-electron chi connectivity index (χ0n) is 18.1. The second-order valence-electron chi connectivity index (χ2n) is 7.61. The van der Waals surface area contributed by atoms with E-state index in [4.69, 9.17) is 11.6 Å². The van der Waals surface area contributed by atoms with Crippen LogP contribution in [-0.2, 0) is 4.79 Å². The minimum Gasteiger partial charge on any atom is -0.325 e. The second-order valence-corrected chi connectivity index (χ2v) is 8.96. The molecule has 0 aliphatic heterocycles. The number of rotatable bonds is 6. The molecule has 1 aromatic heterocycles. The van der Waals surface area contributed by atoms with Crippen LogP contribution in [0.25, 0.3) is 17.1 Å². The Morgan fingerprint density at radius 2 is 1.69 bits per heavy atom. The van der Waals surface area contributed by atoms with E-state index in [1.54, 1.807) is 0 Å². The number of benzene rings is 3. The van der Waals surface area contributed by atoms with Gasteiger partial charge in [-0.1, -0.05) is 65.3 Å². The highest BCUT2D eigenvalue weighted by Crippen LogP contribution is 2.32. The van der Waals surface area contributed by atoms with Crippen molar-refractivity contribution in [3.8, 4) is 17.1 Å². The number of aromatic nitrogens is 3. The molecule has 4 rings (SSSR count). The van der Waals surface area contributed by atoms with Crippen LogP contribution in [0.15, 0.2) is 71.9 Å². The molecule has 1 heterocycles. The zero-order valence-corrected chi connectivity index (χ0v) is 19.7. The third-order valence-electron chi connectivity index (χ3n) is 5.04. The lowest BCUT2D eigenvalue weighted by Crippen LogP contribution is -2.15. The predicted molar refractivity (Wildman–Crippen MR) is 132 cm³/mol. The van der Waals surface area contributed by atoms with Gasteiger partial charge in [0.05, 0.1) is 10.8 Å². The molecule has 7 heteroatoms. The summed E-state index contributed by atoms with van der Waals surface area (Å²) in [5, 5.41) is 13.0. The van der Waals surface area contributed by atoms with Crippen LogP contribution in [0.1, 0.15) is 16.7 Å². The Balaban J connectivity index is 1.62. The molecule has 0 atom stereocenters. The van der Waals surface area contributed by atoms with Crippen LogP contribution in [-0.4, -0.2) is 26.4 Å². The summed E-state index contributed by atoms with van der Waals surface area (Å²) in [6.07, 6.45) is 0. The third kappa shape index (κ3) is 4.87. The number of carbonyl (C=O) groups is 1. The van der Waals surface area contributed by atoms with Gasteiger partial charge >= 0.3 is 0 Å². The molecule has 0 radical (unpaired) electrons. The van der Waals surface area contributed by atoms with Crippen LogP contribution in [0.3, 0.4) is 0 Å². The normalized spacial score (nSPS) is 10.9. The van der Waals surface area contributed by atoms with Crippen molar-refractivity contribution in [2.45, 2.75) is 25.9 Å². The summed E-state index contributed by atoms with van der Waals surface area (Å²) in [4.78, 5) is 12.7. The smallest absolute Gasteiger partial charge is 0.234 e. The summed E-state index contributed by atoms with van der Waals surface area (Å²) >= 11 is 7.79. The Morgan fingerprint density at radius 1 is 0.969 bits per heavy atom. The number of nitrogens with one attached hydrogen (secondary N) is 1. The van der Waals surface area contributed by atoms with Crippen LogP contribution in [0.2, 0.25) is 5.02 Å². The Kier molecular flexibility index (Phi) is 6.63. The largest absolute Gasteiger partial charge is 0.325 e. The third-order valence-corrected chi connectivity index (χ3v) is 6.30. The molecule has 4 aromatic rings. The maximum Gasteiger partial charge on any atom is 0.234 e. The molecule has 3 aromatic carbocycles. The second kappa shape index (κ2) is 9.59. The molecule has 0 aliphatic rings. The summed E-state index contributed by atoms with van der Waals surface area (Å²) in [5.74, 6) is 0.748. The topological polar surface area (TPSA) is 59.8 Å². The number of aryl methyl sites for hydroxylation is 3. The van der Waals surface area contributed by atoms with Gasteiger partial charge in [0.25, 0.3) is 0 Å². The van der Waals surface area contributed by atoms with Crippen molar-refractivity contribution in [3.63, 3.8) is 0 Å². The standard InChI is InChI=1S/C25H23ClN4OS/c1-16-9-12-19(13-10-16)30-24(20-6-4-5-7-21(20)26)28-29-25(30)32-15-23(31)27-22-14-17(2)8-11-18(22)3/h4-14H,15H2,1-3H3,(H,27,31). The van der Waals surface area contributed by atoms with E-state index in [1.165, 1.54) is 11.8 Å². The van der Waals surface area contributed by atoms with Gasteiger partial charge in [-0.15, -0.1) is 10.2 Å². The summed E-state index contributed by atoms with van der Waals surface area (Å²) in [6.45, 7) is 6.02. The van der Waals surface area contributed by atoms with Crippen LogP contribution in [0, 0.1) is 20.8 Å². The SMILES string of the molecule is Cc1ccc(-n2c(SCC(=O)Nc3cc(C)ccc3C)nnc2-c2ccccc2Cl)cc1. The number of thioether (sulfide) groups is 1. The molecule has 162 valence electrons. The van der Waals surface area contributed by atoms with E-state index >= 15 is 0 Å². The summed E-state index contributed by atoms with van der Waals surface area (Å²) in [7, 11) is 0. The Morgan fingerprint density at radius 3 is 2.44 bits per heavy atom. The van der Waals surface area contributed by atoms with Gasteiger partial charge in [-0.2, -0.15) is 0 Å². The van der Waals surface area contributed by atoms with Gasteiger partial charge in [0.1, 0.15) is 0 Å². The fourth-order valence-corrected chi connectivity index (χ4v) is 4.27. The minimum atomic E-state index is -0.0959. The van der Waals surface area contributed by atoms with Gasteiger partial charge < -0.3 is 5.32 Å². The molecule has 0 bridgehead atoms. The molecule has 0 fully saturated rings. The lowest BCUT2D eigenvalue weighted by Gasteiger charge is -2.12. The first kappa shape index (κ1) is 22.1. The quantitative estimate of drug-likeness (QED) is 0.344. The number of hydrogen-bond donors (Lipinski definition) is 1. The Labute approximate surface area is 196 Å². The number of halogens is 1. The molecule has 0 saturated carbocycles. The van der Waals surface area contributed by atoms with E-state index in [1.807, 2.05) is 92.1 Å². The average Bonchev–Trinajstić information content (AvgIpc) is 3.19. The van der Waals surface area contributed by atoms with Gasteiger partial charge in [0.2, 0.25) is 5.91 Å². The monoisotopic (exact) mass is 462 g/mol.